The van der Waals surface area contributed by atoms with Crippen LogP contribution in [0, 0.1) is 3.57 Å². The van der Waals surface area contributed by atoms with Gasteiger partial charge in [0.1, 0.15) is 48.4 Å². The Kier molecular flexibility index (Phi) is 12.0. The van der Waals surface area contributed by atoms with E-state index in [-0.39, 0.29) is 24.3 Å². The van der Waals surface area contributed by atoms with E-state index >= 15 is 0 Å². The van der Waals surface area contributed by atoms with Crippen LogP contribution in [0.25, 0.3) is 22.1 Å². The predicted octanol–water partition coefficient (Wildman–Crippen LogP) is 6.60. The third kappa shape index (κ3) is 9.13. The Labute approximate surface area is 328 Å². The summed E-state index contributed by atoms with van der Waals surface area (Å²) in [5.74, 6) is 0.892. The molecule has 13 heteroatoms. The van der Waals surface area contributed by atoms with Gasteiger partial charge in [0.2, 0.25) is 0 Å². The molecular formula is C42H33IN6O6. The lowest BCUT2D eigenvalue weighted by Crippen LogP contribution is -2.30. The molecule has 8 rings (SSSR count). The molecule has 55 heavy (non-hydrogen) atoms. The van der Waals surface area contributed by atoms with Crippen LogP contribution in [0.2, 0.25) is 0 Å². The quantitative estimate of drug-likeness (QED) is 0.124. The zero-order valence-electron chi connectivity index (χ0n) is 29.3. The van der Waals surface area contributed by atoms with E-state index in [0.29, 0.717) is 50.3 Å². The lowest BCUT2D eigenvalue weighted by Gasteiger charge is -2.15. The van der Waals surface area contributed by atoms with Gasteiger partial charge in [-0.3, -0.25) is 9.59 Å². The van der Waals surface area contributed by atoms with Gasteiger partial charge in [-0.25, -0.2) is 19.9 Å². The minimum Gasteiger partial charge on any atom is -0.488 e. The number of nitrogens with zero attached hydrogens (tertiary/aromatic N) is 6. The number of benzene rings is 4. The van der Waals surface area contributed by atoms with Gasteiger partial charge in [-0.15, -0.1) is 9.46 Å². The Morgan fingerprint density at radius 2 is 0.964 bits per heavy atom. The van der Waals surface area contributed by atoms with E-state index in [4.69, 9.17) is 19.1 Å². The second-order valence-corrected chi connectivity index (χ2v) is 13.0. The van der Waals surface area contributed by atoms with E-state index in [0.717, 1.165) is 22.3 Å². The van der Waals surface area contributed by atoms with Crippen LogP contribution in [0.5, 0.6) is 11.5 Å². The van der Waals surface area contributed by atoms with Crippen molar-refractivity contribution < 1.29 is 19.1 Å². The molecule has 0 spiro atoms. The summed E-state index contributed by atoms with van der Waals surface area (Å²) in [4.78, 5) is 53.6. The molecule has 0 aliphatic rings. The summed E-state index contributed by atoms with van der Waals surface area (Å²) in [5, 5.41) is 1.23. The van der Waals surface area contributed by atoms with E-state index in [1.54, 1.807) is 12.4 Å². The summed E-state index contributed by atoms with van der Waals surface area (Å²) in [5.41, 5.74) is 4.01. The molecule has 4 heterocycles. The zero-order valence-corrected chi connectivity index (χ0v) is 31.4. The first-order chi connectivity index (χ1) is 27.0. The highest BCUT2D eigenvalue weighted by Gasteiger charge is 2.19. The number of hydrogen-bond acceptors (Lipinski definition) is 10. The number of fused-ring (bicyclic) bond motifs is 2. The zero-order chi connectivity index (χ0) is 37.8. The van der Waals surface area contributed by atoms with Gasteiger partial charge in [0.15, 0.2) is 17.0 Å². The summed E-state index contributed by atoms with van der Waals surface area (Å²) < 4.78 is 14.6. The number of ether oxygens (including phenoxy) is 2. The number of rotatable bonds is 12. The second kappa shape index (κ2) is 17.9. The lowest BCUT2D eigenvalue weighted by molar-refractivity contribution is 0.0967. The molecule has 4 aromatic carbocycles. The normalized spacial score (nSPS) is 10.7. The Morgan fingerprint density at radius 1 is 0.527 bits per heavy atom. The van der Waals surface area contributed by atoms with Crippen LogP contribution in [-0.4, -0.2) is 29.4 Å². The Hall–Kier alpha value is -6.61. The molecule has 0 radical (unpaired) electrons. The molecule has 0 unspecified atom stereocenters. The van der Waals surface area contributed by atoms with Crippen molar-refractivity contribution in [1.29, 1.82) is 0 Å². The first-order valence-corrected chi connectivity index (χ1v) is 18.2. The second-order valence-electron chi connectivity index (χ2n) is 12.0. The van der Waals surface area contributed by atoms with E-state index < -0.39 is 0 Å². The van der Waals surface area contributed by atoms with Gasteiger partial charge in [0.05, 0.1) is 10.8 Å². The van der Waals surface area contributed by atoms with E-state index in [2.05, 4.69) is 19.9 Å². The topological polar surface area (TPSA) is 132 Å². The van der Waals surface area contributed by atoms with Crippen molar-refractivity contribution >= 4 is 44.7 Å². The average molecular weight is 845 g/mol. The van der Waals surface area contributed by atoms with Gasteiger partial charge in [-0.2, -0.15) is 0 Å². The third-order valence-corrected chi connectivity index (χ3v) is 9.12. The van der Waals surface area contributed by atoms with Gasteiger partial charge in [-0.05, 0) is 44.8 Å². The molecule has 0 N–H and O–H groups in total. The molecule has 0 saturated heterocycles. The van der Waals surface area contributed by atoms with Crippen LogP contribution >= 0.6 is 22.6 Å². The van der Waals surface area contributed by atoms with Gasteiger partial charge >= 0.3 is 5.56 Å². The van der Waals surface area contributed by atoms with Crippen molar-refractivity contribution in [3.8, 4) is 11.5 Å². The van der Waals surface area contributed by atoms with Crippen molar-refractivity contribution in [2.75, 3.05) is 0 Å². The molecule has 0 fully saturated rings. The van der Waals surface area contributed by atoms with Crippen LogP contribution in [0.4, 0.5) is 0 Å². The fraction of sp³-hybridized carbons (Fsp3) is 0.0952. The third-order valence-electron chi connectivity index (χ3n) is 8.17. The predicted molar refractivity (Wildman–Crippen MR) is 215 cm³/mol. The molecule has 0 bridgehead atoms. The average Bonchev–Trinajstić information content (AvgIpc) is 3.24. The number of aromatic nitrogens is 6. The maximum Gasteiger partial charge on any atom is 0.302 e. The molecule has 0 saturated carbocycles. The molecule has 274 valence electrons. The number of halogens is 1. The summed E-state index contributed by atoms with van der Waals surface area (Å²) in [6, 6.07) is 40.2. The van der Waals surface area contributed by atoms with Crippen molar-refractivity contribution in [1.82, 2.24) is 29.4 Å². The molecule has 0 aliphatic carbocycles. The molecular weight excluding hydrogens is 811 g/mol. The minimum absolute atomic E-state index is 0.250. The fourth-order valence-electron chi connectivity index (χ4n) is 5.45. The monoisotopic (exact) mass is 844 g/mol. The Morgan fingerprint density at radius 3 is 1.49 bits per heavy atom. The van der Waals surface area contributed by atoms with Crippen LogP contribution in [0.15, 0.2) is 162 Å². The molecule has 4 aromatic heterocycles. The van der Waals surface area contributed by atoms with Gasteiger partial charge in [-0.1, -0.05) is 121 Å². The standard InChI is InChI=1S/C21H16IN3O3.C21H17N3O3/c22-18-19(27-12-15-7-3-1-4-8-15)17-11-23-14-24-20(17)25(21(18)26)28-13-16-9-5-2-6-10-16;25-20-11-19(26-13-16-7-3-1-4-8-16)18-12-22-15-23-21(18)24(20)27-14-17-9-5-2-6-10-17/h1-11,14H,12-13H2;1-12,15H,13-14H2. The summed E-state index contributed by atoms with van der Waals surface area (Å²) in [6.07, 6.45) is 6.01. The van der Waals surface area contributed by atoms with E-state index in [9.17, 15) is 9.59 Å². The van der Waals surface area contributed by atoms with Gasteiger partial charge in [0, 0.05) is 18.5 Å². The minimum atomic E-state index is -0.347. The van der Waals surface area contributed by atoms with Crippen molar-refractivity contribution in [2.24, 2.45) is 0 Å². The molecule has 8 aromatic rings. The van der Waals surface area contributed by atoms with E-state index in [1.807, 2.05) is 144 Å². The Balaban J connectivity index is 0.000000169. The largest absolute Gasteiger partial charge is 0.488 e. The van der Waals surface area contributed by atoms with Gasteiger partial charge < -0.3 is 19.1 Å². The highest BCUT2D eigenvalue weighted by molar-refractivity contribution is 14.1. The maximum atomic E-state index is 12.9. The Bertz CT molecular complexity index is 2610. The van der Waals surface area contributed by atoms with Crippen LogP contribution < -0.4 is 30.3 Å². The first kappa shape index (κ1) is 36.7. The molecule has 0 atom stereocenters. The highest BCUT2D eigenvalue weighted by atomic mass is 127. The summed E-state index contributed by atoms with van der Waals surface area (Å²) in [6.45, 7) is 1.19. The fourth-order valence-corrected chi connectivity index (χ4v) is 6.12. The maximum absolute atomic E-state index is 12.9. The first-order valence-electron chi connectivity index (χ1n) is 17.1. The SMILES string of the molecule is O=c1c(I)c(OCc2ccccc2)c2cncnc2n1OCc1ccccc1.O=c1cc(OCc2ccccc2)c2cncnc2n1OCc1ccccc1. The molecule has 0 aliphatic heterocycles. The smallest absolute Gasteiger partial charge is 0.302 e. The molecule has 0 amide bonds. The van der Waals surface area contributed by atoms with Crippen LogP contribution in [0.3, 0.4) is 0 Å². The molecule has 12 nitrogen and oxygen atoms in total. The van der Waals surface area contributed by atoms with Crippen LogP contribution in [-0.2, 0) is 26.4 Å². The summed E-state index contributed by atoms with van der Waals surface area (Å²) in [7, 11) is 0. The van der Waals surface area contributed by atoms with Crippen molar-refractivity contribution in [3.63, 3.8) is 0 Å². The van der Waals surface area contributed by atoms with Crippen molar-refractivity contribution in [2.45, 2.75) is 26.4 Å². The van der Waals surface area contributed by atoms with Crippen molar-refractivity contribution in [3.05, 3.63) is 199 Å². The number of pyridine rings is 2. The van der Waals surface area contributed by atoms with E-state index in [1.165, 1.54) is 28.2 Å². The number of hydrogen-bond donors (Lipinski definition) is 0. The highest BCUT2D eigenvalue weighted by Crippen LogP contribution is 2.28. The van der Waals surface area contributed by atoms with Crippen LogP contribution in [0.1, 0.15) is 22.3 Å². The van der Waals surface area contributed by atoms with Gasteiger partial charge in [0.25, 0.3) is 5.56 Å². The summed E-state index contributed by atoms with van der Waals surface area (Å²) >= 11 is 1.98. The lowest BCUT2D eigenvalue weighted by atomic mass is 10.2.